The van der Waals surface area contributed by atoms with Crippen molar-refractivity contribution in [2.24, 2.45) is 5.41 Å². The topological polar surface area (TPSA) is 49.3 Å². The highest BCUT2D eigenvalue weighted by Crippen LogP contribution is 2.20. The molecule has 4 heteroatoms. The Kier molecular flexibility index (Phi) is 6.96. The number of halogens is 1. The molecular formula is C16H22BrNO2. The zero-order valence-corrected chi connectivity index (χ0v) is 13.6. The maximum atomic E-state index is 11.8. The lowest BCUT2D eigenvalue weighted by Gasteiger charge is -2.24. The van der Waals surface area contributed by atoms with E-state index in [1.54, 1.807) is 12.2 Å². The minimum absolute atomic E-state index is 0.00199. The SMILES string of the molecule is CC(C)(CCCO)CNC(=O)/C=C/c1cccc(Br)c1. The number of aliphatic hydroxyl groups excluding tert-OH is 1. The third-order valence-electron chi connectivity index (χ3n) is 3.03. The van der Waals surface area contributed by atoms with Gasteiger partial charge < -0.3 is 10.4 Å². The van der Waals surface area contributed by atoms with Crippen LogP contribution in [-0.4, -0.2) is 24.2 Å². The molecule has 0 unspecified atom stereocenters. The van der Waals surface area contributed by atoms with Crippen molar-refractivity contribution >= 4 is 27.9 Å². The minimum Gasteiger partial charge on any atom is -0.396 e. The van der Waals surface area contributed by atoms with E-state index in [4.69, 9.17) is 5.11 Å². The van der Waals surface area contributed by atoms with Gasteiger partial charge in [-0.2, -0.15) is 0 Å². The molecule has 3 nitrogen and oxygen atoms in total. The Labute approximate surface area is 129 Å². The molecule has 0 radical (unpaired) electrons. The molecule has 0 aliphatic carbocycles. The lowest BCUT2D eigenvalue weighted by atomic mass is 9.88. The number of aliphatic hydroxyl groups is 1. The predicted octanol–water partition coefficient (Wildman–Crippen LogP) is 3.38. The highest BCUT2D eigenvalue weighted by atomic mass is 79.9. The van der Waals surface area contributed by atoms with Crippen LogP contribution in [0.1, 0.15) is 32.3 Å². The summed E-state index contributed by atoms with van der Waals surface area (Å²) < 4.78 is 0.991. The third kappa shape index (κ3) is 6.87. The van der Waals surface area contributed by atoms with E-state index in [0.29, 0.717) is 6.54 Å². The zero-order chi connectivity index (χ0) is 15.0. The number of amides is 1. The quantitative estimate of drug-likeness (QED) is 0.748. The molecule has 0 bridgehead atoms. The van der Waals surface area contributed by atoms with Crippen LogP contribution in [0.3, 0.4) is 0 Å². The van der Waals surface area contributed by atoms with Crippen molar-refractivity contribution in [3.63, 3.8) is 0 Å². The van der Waals surface area contributed by atoms with E-state index in [1.807, 2.05) is 24.3 Å². The summed E-state index contributed by atoms with van der Waals surface area (Å²) in [6, 6.07) is 7.77. The van der Waals surface area contributed by atoms with Gasteiger partial charge in [0.05, 0.1) is 0 Å². The number of hydrogen-bond donors (Lipinski definition) is 2. The number of nitrogens with one attached hydrogen (secondary N) is 1. The molecule has 0 fully saturated rings. The van der Waals surface area contributed by atoms with Crippen molar-refractivity contribution in [3.05, 3.63) is 40.4 Å². The van der Waals surface area contributed by atoms with E-state index in [-0.39, 0.29) is 17.9 Å². The van der Waals surface area contributed by atoms with Gasteiger partial charge in [-0.1, -0.05) is 41.9 Å². The van der Waals surface area contributed by atoms with Crippen molar-refractivity contribution < 1.29 is 9.90 Å². The van der Waals surface area contributed by atoms with Crippen LogP contribution in [0.4, 0.5) is 0 Å². The Morgan fingerprint density at radius 3 is 2.85 bits per heavy atom. The van der Waals surface area contributed by atoms with Crippen LogP contribution in [-0.2, 0) is 4.79 Å². The molecule has 0 aliphatic heterocycles. The van der Waals surface area contributed by atoms with Crippen molar-refractivity contribution in [3.8, 4) is 0 Å². The Hall–Kier alpha value is -1.13. The van der Waals surface area contributed by atoms with Crippen LogP contribution in [0.25, 0.3) is 6.08 Å². The van der Waals surface area contributed by atoms with Gasteiger partial charge in [-0.05, 0) is 42.0 Å². The molecule has 1 rings (SSSR count). The van der Waals surface area contributed by atoms with Crippen LogP contribution in [0, 0.1) is 5.41 Å². The molecule has 0 atom stereocenters. The second-order valence-electron chi connectivity index (χ2n) is 5.60. The molecule has 0 saturated carbocycles. The maximum absolute atomic E-state index is 11.8. The van der Waals surface area contributed by atoms with Crippen molar-refractivity contribution in [1.82, 2.24) is 5.32 Å². The van der Waals surface area contributed by atoms with Gasteiger partial charge in [-0.3, -0.25) is 4.79 Å². The first-order chi connectivity index (χ1) is 9.43. The van der Waals surface area contributed by atoms with Crippen molar-refractivity contribution in [2.75, 3.05) is 13.2 Å². The van der Waals surface area contributed by atoms with E-state index in [9.17, 15) is 4.79 Å². The molecule has 0 spiro atoms. The van der Waals surface area contributed by atoms with Gasteiger partial charge in [-0.15, -0.1) is 0 Å². The standard InChI is InChI=1S/C16H22BrNO2/c1-16(2,9-4-10-19)12-18-15(20)8-7-13-5-3-6-14(17)11-13/h3,5-8,11,19H,4,9-10,12H2,1-2H3,(H,18,20)/b8-7+. The second-order valence-corrected chi connectivity index (χ2v) is 6.51. The smallest absolute Gasteiger partial charge is 0.244 e. The summed E-state index contributed by atoms with van der Waals surface area (Å²) in [6.07, 6.45) is 4.99. The number of hydrogen-bond acceptors (Lipinski definition) is 2. The van der Waals surface area contributed by atoms with Crippen LogP contribution >= 0.6 is 15.9 Å². The molecule has 0 aliphatic rings. The lowest BCUT2D eigenvalue weighted by molar-refractivity contribution is -0.116. The summed E-state index contributed by atoms with van der Waals surface area (Å²) in [7, 11) is 0. The highest BCUT2D eigenvalue weighted by Gasteiger charge is 2.17. The molecule has 1 aromatic rings. The Bertz CT molecular complexity index is 469. The number of carbonyl (C=O) groups excluding carboxylic acids is 1. The summed E-state index contributed by atoms with van der Waals surface area (Å²) in [5.74, 6) is -0.0953. The average Bonchev–Trinajstić information content (AvgIpc) is 2.41. The Balaban J connectivity index is 2.44. The Morgan fingerprint density at radius 2 is 2.20 bits per heavy atom. The predicted molar refractivity (Wildman–Crippen MR) is 86.3 cm³/mol. The highest BCUT2D eigenvalue weighted by molar-refractivity contribution is 9.10. The van der Waals surface area contributed by atoms with Crippen molar-refractivity contribution in [2.45, 2.75) is 26.7 Å². The largest absolute Gasteiger partial charge is 0.396 e. The molecule has 20 heavy (non-hydrogen) atoms. The van der Waals surface area contributed by atoms with E-state index < -0.39 is 0 Å². The molecule has 110 valence electrons. The molecular weight excluding hydrogens is 318 g/mol. The van der Waals surface area contributed by atoms with Gasteiger partial charge in [0, 0.05) is 23.7 Å². The summed E-state index contributed by atoms with van der Waals surface area (Å²) in [6.45, 7) is 4.97. The Morgan fingerprint density at radius 1 is 1.45 bits per heavy atom. The lowest BCUT2D eigenvalue weighted by Crippen LogP contribution is -2.33. The first kappa shape index (κ1) is 16.9. The monoisotopic (exact) mass is 339 g/mol. The first-order valence-electron chi connectivity index (χ1n) is 6.75. The molecule has 0 saturated heterocycles. The fraction of sp³-hybridized carbons (Fsp3) is 0.438. The summed E-state index contributed by atoms with van der Waals surface area (Å²) in [4.78, 5) is 11.8. The first-order valence-corrected chi connectivity index (χ1v) is 7.55. The fourth-order valence-corrected chi connectivity index (χ4v) is 2.23. The molecule has 0 heterocycles. The van der Waals surface area contributed by atoms with Crippen LogP contribution in [0.2, 0.25) is 0 Å². The molecule has 1 amide bonds. The van der Waals surface area contributed by atoms with E-state index in [0.717, 1.165) is 22.9 Å². The van der Waals surface area contributed by atoms with Crippen LogP contribution in [0.15, 0.2) is 34.8 Å². The summed E-state index contributed by atoms with van der Waals surface area (Å²) in [5.41, 5.74) is 0.983. The molecule has 0 aromatic heterocycles. The average molecular weight is 340 g/mol. The van der Waals surface area contributed by atoms with Crippen LogP contribution in [0.5, 0.6) is 0 Å². The van der Waals surface area contributed by atoms with E-state index in [1.165, 1.54) is 0 Å². The number of carbonyl (C=O) groups is 1. The number of rotatable bonds is 7. The second kappa shape index (κ2) is 8.22. The minimum atomic E-state index is -0.0953. The van der Waals surface area contributed by atoms with Gasteiger partial charge in [0.15, 0.2) is 0 Å². The van der Waals surface area contributed by atoms with Gasteiger partial charge in [-0.25, -0.2) is 0 Å². The van der Waals surface area contributed by atoms with Gasteiger partial charge >= 0.3 is 0 Å². The maximum Gasteiger partial charge on any atom is 0.244 e. The third-order valence-corrected chi connectivity index (χ3v) is 3.52. The van der Waals surface area contributed by atoms with Gasteiger partial charge in [0.25, 0.3) is 0 Å². The van der Waals surface area contributed by atoms with Crippen molar-refractivity contribution in [1.29, 1.82) is 0 Å². The molecule has 2 N–H and O–H groups in total. The van der Waals surface area contributed by atoms with Crippen LogP contribution < -0.4 is 5.32 Å². The fourth-order valence-electron chi connectivity index (χ4n) is 1.81. The van der Waals surface area contributed by atoms with Gasteiger partial charge in [0.2, 0.25) is 5.91 Å². The van der Waals surface area contributed by atoms with E-state index in [2.05, 4.69) is 35.1 Å². The van der Waals surface area contributed by atoms with E-state index >= 15 is 0 Å². The summed E-state index contributed by atoms with van der Waals surface area (Å²) in [5, 5.41) is 11.7. The molecule has 1 aromatic carbocycles. The van der Waals surface area contributed by atoms with Gasteiger partial charge in [0.1, 0.15) is 0 Å². The zero-order valence-electron chi connectivity index (χ0n) is 12.0. The summed E-state index contributed by atoms with van der Waals surface area (Å²) >= 11 is 3.40. The normalized spacial score (nSPS) is 11.8. The number of benzene rings is 1.